The first-order chi connectivity index (χ1) is 10.3. The van der Waals surface area contributed by atoms with Gasteiger partial charge in [-0.15, -0.1) is 0 Å². The minimum absolute atomic E-state index is 0.132. The Balaban J connectivity index is 2.32. The molecule has 1 amide bonds. The third-order valence-corrected chi connectivity index (χ3v) is 2.82. The van der Waals surface area contributed by atoms with E-state index in [9.17, 15) is 22.4 Å². The lowest BCUT2D eigenvalue weighted by Crippen LogP contribution is -2.16. The molecule has 2 rings (SSSR count). The summed E-state index contributed by atoms with van der Waals surface area (Å²) in [5.41, 5.74) is -1.28. The highest BCUT2D eigenvalue weighted by Crippen LogP contribution is 2.30. The highest BCUT2D eigenvalue weighted by Gasteiger charge is 2.32. The van der Waals surface area contributed by atoms with Gasteiger partial charge in [-0.3, -0.25) is 9.78 Å². The predicted octanol–water partition coefficient (Wildman–Crippen LogP) is 2.98. The van der Waals surface area contributed by atoms with Crippen molar-refractivity contribution in [1.82, 2.24) is 4.98 Å². The number of hydrogen-bond acceptors (Lipinski definition) is 3. The summed E-state index contributed by atoms with van der Waals surface area (Å²) in [6, 6.07) is 2.98. The van der Waals surface area contributed by atoms with Crippen LogP contribution in [0.2, 0.25) is 0 Å². The summed E-state index contributed by atoms with van der Waals surface area (Å²) in [4.78, 5) is 15.7. The zero-order valence-corrected chi connectivity index (χ0v) is 11.0. The van der Waals surface area contributed by atoms with Crippen molar-refractivity contribution in [3.63, 3.8) is 0 Å². The standard InChI is InChI=1S/C14H10F4N2O2/c15-11-4-9(3-10(5-11)14(16,17)18)13(22)20-12-6-19-2-1-8(12)7-21/h1-6,21H,7H2,(H,20,22). The van der Waals surface area contributed by atoms with Gasteiger partial charge < -0.3 is 10.4 Å². The van der Waals surface area contributed by atoms with Crippen LogP contribution in [0.5, 0.6) is 0 Å². The maximum Gasteiger partial charge on any atom is 0.416 e. The van der Waals surface area contributed by atoms with Crippen molar-refractivity contribution >= 4 is 11.6 Å². The second kappa shape index (κ2) is 6.10. The number of rotatable bonds is 3. The van der Waals surface area contributed by atoms with Crippen molar-refractivity contribution in [3.8, 4) is 0 Å². The quantitative estimate of drug-likeness (QED) is 0.856. The van der Waals surface area contributed by atoms with Crippen LogP contribution < -0.4 is 5.32 Å². The summed E-state index contributed by atoms with van der Waals surface area (Å²) in [7, 11) is 0. The van der Waals surface area contributed by atoms with Crippen LogP contribution in [0.15, 0.2) is 36.7 Å². The molecule has 22 heavy (non-hydrogen) atoms. The molecular weight excluding hydrogens is 304 g/mol. The van der Waals surface area contributed by atoms with Crippen LogP contribution in [-0.2, 0) is 12.8 Å². The molecule has 0 aliphatic rings. The number of hydrogen-bond donors (Lipinski definition) is 2. The Kier molecular flexibility index (Phi) is 4.41. The fourth-order valence-corrected chi connectivity index (χ4v) is 1.75. The molecule has 8 heteroatoms. The molecule has 0 aliphatic heterocycles. The number of pyridine rings is 1. The molecule has 116 valence electrons. The maximum absolute atomic E-state index is 13.3. The van der Waals surface area contributed by atoms with E-state index in [1.165, 1.54) is 18.5 Å². The van der Waals surface area contributed by atoms with Gasteiger partial charge in [-0.05, 0) is 24.3 Å². The van der Waals surface area contributed by atoms with Crippen molar-refractivity contribution in [3.05, 3.63) is 59.2 Å². The number of alkyl halides is 3. The van der Waals surface area contributed by atoms with Crippen molar-refractivity contribution < 1.29 is 27.5 Å². The molecule has 0 saturated heterocycles. The van der Waals surface area contributed by atoms with Crippen molar-refractivity contribution in [1.29, 1.82) is 0 Å². The Hall–Kier alpha value is -2.48. The summed E-state index contributed by atoms with van der Waals surface area (Å²) >= 11 is 0. The van der Waals surface area contributed by atoms with Crippen molar-refractivity contribution in [2.45, 2.75) is 12.8 Å². The van der Waals surface area contributed by atoms with Crippen LogP contribution in [0, 0.1) is 5.82 Å². The van der Waals surface area contributed by atoms with E-state index in [1.807, 2.05) is 0 Å². The number of amides is 1. The van der Waals surface area contributed by atoms with E-state index >= 15 is 0 Å². The molecule has 0 saturated carbocycles. The number of anilines is 1. The molecule has 1 aromatic heterocycles. The zero-order chi connectivity index (χ0) is 16.3. The molecule has 4 nitrogen and oxygen atoms in total. The SMILES string of the molecule is O=C(Nc1cnccc1CO)c1cc(F)cc(C(F)(F)F)c1. The molecule has 1 aromatic carbocycles. The summed E-state index contributed by atoms with van der Waals surface area (Å²) in [6.45, 7) is -0.394. The number of nitrogens with one attached hydrogen (secondary N) is 1. The summed E-state index contributed by atoms with van der Waals surface area (Å²) in [6.07, 6.45) is -2.15. The van der Waals surface area contributed by atoms with E-state index in [0.29, 0.717) is 23.8 Å². The summed E-state index contributed by atoms with van der Waals surface area (Å²) < 4.78 is 51.1. The van der Waals surface area contributed by atoms with Gasteiger partial charge in [0, 0.05) is 17.3 Å². The number of benzene rings is 1. The van der Waals surface area contributed by atoms with Crippen LogP contribution in [0.3, 0.4) is 0 Å². The Morgan fingerprint density at radius 3 is 2.64 bits per heavy atom. The van der Waals surface area contributed by atoms with Gasteiger partial charge in [-0.2, -0.15) is 13.2 Å². The first-order valence-electron chi connectivity index (χ1n) is 6.04. The van der Waals surface area contributed by atoms with E-state index in [-0.39, 0.29) is 5.69 Å². The third-order valence-electron chi connectivity index (χ3n) is 2.82. The molecule has 2 N–H and O–H groups in total. The average molecular weight is 314 g/mol. The van der Waals surface area contributed by atoms with E-state index < -0.39 is 35.6 Å². The van der Waals surface area contributed by atoms with Crippen LogP contribution in [0.25, 0.3) is 0 Å². The Labute approximate surface area is 122 Å². The molecule has 0 bridgehead atoms. The zero-order valence-electron chi connectivity index (χ0n) is 11.0. The maximum atomic E-state index is 13.3. The first kappa shape index (κ1) is 15.9. The number of aliphatic hydroxyl groups excluding tert-OH is 1. The smallest absolute Gasteiger partial charge is 0.392 e. The van der Waals surface area contributed by atoms with Gasteiger partial charge in [0.1, 0.15) is 5.82 Å². The fourth-order valence-electron chi connectivity index (χ4n) is 1.75. The van der Waals surface area contributed by atoms with Gasteiger partial charge in [-0.1, -0.05) is 0 Å². The predicted molar refractivity (Wildman–Crippen MR) is 69.5 cm³/mol. The topological polar surface area (TPSA) is 62.2 Å². The largest absolute Gasteiger partial charge is 0.416 e. The number of nitrogens with zero attached hydrogens (tertiary/aromatic N) is 1. The summed E-state index contributed by atoms with van der Waals surface area (Å²) in [5.74, 6) is -2.11. The molecular formula is C14H10F4N2O2. The fraction of sp³-hybridized carbons (Fsp3) is 0.143. The number of carbonyl (C=O) groups is 1. The number of carbonyl (C=O) groups excluding carboxylic acids is 1. The third kappa shape index (κ3) is 3.59. The van der Waals surface area contributed by atoms with Crippen molar-refractivity contribution in [2.75, 3.05) is 5.32 Å². The van der Waals surface area contributed by atoms with Crippen LogP contribution >= 0.6 is 0 Å². The Morgan fingerprint density at radius 2 is 2.00 bits per heavy atom. The molecule has 0 fully saturated rings. The molecule has 0 aliphatic carbocycles. The second-order valence-corrected chi connectivity index (χ2v) is 4.37. The van der Waals surface area contributed by atoms with Gasteiger partial charge in [0.15, 0.2) is 0 Å². The highest BCUT2D eigenvalue weighted by molar-refractivity contribution is 6.04. The normalized spacial score (nSPS) is 11.3. The monoisotopic (exact) mass is 314 g/mol. The van der Waals surface area contributed by atoms with Gasteiger partial charge in [0.2, 0.25) is 0 Å². The molecule has 0 unspecified atom stereocenters. The lowest BCUT2D eigenvalue weighted by atomic mass is 10.1. The van der Waals surface area contributed by atoms with Crippen LogP contribution in [0.1, 0.15) is 21.5 Å². The van der Waals surface area contributed by atoms with Gasteiger partial charge in [0.05, 0.1) is 24.1 Å². The molecule has 2 aromatic rings. The van der Waals surface area contributed by atoms with Crippen LogP contribution in [-0.4, -0.2) is 16.0 Å². The summed E-state index contributed by atoms with van der Waals surface area (Å²) in [5, 5.41) is 11.4. The van der Waals surface area contributed by atoms with E-state index in [1.54, 1.807) is 0 Å². The lowest BCUT2D eigenvalue weighted by Gasteiger charge is -2.11. The Morgan fingerprint density at radius 1 is 1.27 bits per heavy atom. The first-order valence-corrected chi connectivity index (χ1v) is 6.04. The number of aliphatic hydroxyl groups is 1. The minimum Gasteiger partial charge on any atom is -0.392 e. The molecule has 1 heterocycles. The minimum atomic E-state index is -4.76. The van der Waals surface area contributed by atoms with Gasteiger partial charge >= 0.3 is 6.18 Å². The number of halogens is 4. The van der Waals surface area contributed by atoms with E-state index in [4.69, 9.17) is 5.11 Å². The van der Waals surface area contributed by atoms with Gasteiger partial charge in [0.25, 0.3) is 5.91 Å². The molecule has 0 atom stereocenters. The van der Waals surface area contributed by atoms with Gasteiger partial charge in [-0.25, -0.2) is 4.39 Å². The molecule has 0 radical (unpaired) electrons. The highest BCUT2D eigenvalue weighted by atomic mass is 19.4. The molecule has 0 spiro atoms. The van der Waals surface area contributed by atoms with Crippen LogP contribution in [0.4, 0.5) is 23.2 Å². The van der Waals surface area contributed by atoms with E-state index in [0.717, 1.165) is 0 Å². The Bertz CT molecular complexity index is 701. The van der Waals surface area contributed by atoms with Crippen molar-refractivity contribution in [2.24, 2.45) is 0 Å². The second-order valence-electron chi connectivity index (χ2n) is 4.37. The lowest BCUT2D eigenvalue weighted by molar-refractivity contribution is -0.137. The number of aromatic nitrogens is 1. The average Bonchev–Trinajstić information content (AvgIpc) is 2.46. The van der Waals surface area contributed by atoms with E-state index in [2.05, 4.69) is 10.3 Å².